The molecular formula is C24H21NO4S2. The quantitative estimate of drug-likeness (QED) is 0.211. The van der Waals surface area contributed by atoms with Gasteiger partial charge in [-0.1, -0.05) is 68.2 Å². The van der Waals surface area contributed by atoms with Crippen molar-refractivity contribution >= 4 is 57.2 Å². The molecule has 1 aliphatic heterocycles. The lowest BCUT2D eigenvalue weighted by Crippen LogP contribution is -2.31. The molecule has 5 nitrogen and oxygen atoms in total. The van der Waals surface area contributed by atoms with E-state index in [4.69, 9.17) is 21.4 Å². The SMILES string of the molecule is Cc1c(C(=O)Oc2ccc(/C=C3/SC(=S)N(CC(C)C)C3=O)cc2)oc2ccccc12. The van der Waals surface area contributed by atoms with Crippen LogP contribution < -0.4 is 4.74 Å². The van der Waals surface area contributed by atoms with E-state index in [2.05, 4.69) is 13.8 Å². The van der Waals surface area contributed by atoms with Gasteiger partial charge in [0, 0.05) is 17.5 Å². The highest BCUT2D eigenvalue weighted by Crippen LogP contribution is 2.33. The second-order valence-electron chi connectivity index (χ2n) is 7.70. The second kappa shape index (κ2) is 8.69. The van der Waals surface area contributed by atoms with Crippen LogP contribution in [0.5, 0.6) is 5.75 Å². The molecule has 1 aromatic heterocycles. The third-order valence-corrected chi connectivity index (χ3v) is 6.22. The van der Waals surface area contributed by atoms with Gasteiger partial charge in [-0.05, 0) is 42.7 Å². The highest BCUT2D eigenvalue weighted by atomic mass is 32.2. The highest BCUT2D eigenvalue weighted by Gasteiger charge is 2.32. The average Bonchev–Trinajstić information content (AvgIpc) is 3.21. The van der Waals surface area contributed by atoms with E-state index < -0.39 is 5.97 Å². The first kappa shape index (κ1) is 21.3. The van der Waals surface area contributed by atoms with Crippen LogP contribution in [0.4, 0.5) is 0 Å². The van der Waals surface area contributed by atoms with Gasteiger partial charge in [0.2, 0.25) is 5.76 Å². The summed E-state index contributed by atoms with van der Waals surface area (Å²) in [5, 5.41) is 0.888. The Balaban J connectivity index is 1.48. The van der Waals surface area contributed by atoms with Crippen molar-refractivity contribution in [2.45, 2.75) is 20.8 Å². The van der Waals surface area contributed by atoms with Gasteiger partial charge in [-0.2, -0.15) is 0 Å². The minimum Gasteiger partial charge on any atom is -0.449 e. The Kier molecular flexibility index (Phi) is 5.98. The Bertz CT molecular complexity index is 1210. The summed E-state index contributed by atoms with van der Waals surface area (Å²) in [5.74, 6) is 0.315. The van der Waals surface area contributed by atoms with Gasteiger partial charge in [0.1, 0.15) is 15.7 Å². The highest BCUT2D eigenvalue weighted by molar-refractivity contribution is 8.26. The number of carbonyl (C=O) groups excluding carboxylic acids is 2. The molecule has 7 heteroatoms. The van der Waals surface area contributed by atoms with E-state index in [9.17, 15) is 9.59 Å². The summed E-state index contributed by atoms with van der Waals surface area (Å²) >= 11 is 6.64. The largest absolute Gasteiger partial charge is 0.449 e. The molecule has 0 aliphatic carbocycles. The molecule has 4 rings (SSSR count). The van der Waals surface area contributed by atoms with Crippen LogP contribution in [0.3, 0.4) is 0 Å². The minimum absolute atomic E-state index is 0.0698. The number of hydrogen-bond acceptors (Lipinski definition) is 6. The molecule has 2 heterocycles. The van der Waals surface area contributed by atoms with E-state index in [1.165, 1.54) is 11.8 Å². The number of carbonyl (C=O) groups is 2. The molecule has 1 saturated heterocycles. The van der Waals surface area contributed by atoms with Gasteiger partial charge in [0.05, 0.1) is 4.91 Å². The first-order chi connectivity index (χ1) is 14.8. The topological polar surface area (TPSA) is 59.8 Å². The monoisotopic (exact) mass is 451 g/mol. The van der Waals surface area contributed by atoms with Crippen LogP contribution in [-0.4, -0.2) is 27.6 Å². The van der Waals surface area contributed by atoms with Crippen LogP contribution in [0.15, 0.2) is 57.9 Å². The van der Waals surface area contributed by atoms with Crippen LogP contribution in [-0.2, 0) is 4.79 Å². The number of esters is 1. The molecule has 2 aromatic carbocycles. The Morgan fingerprint density at radius 1 is 1.19 bits per heavy atom. The summed E-state index contributed by atoms with van der Waals surface area (Å²) in [6.45, 7) is 6.54. The summed E-state index contributed by atoms with van der Waals surface area (Å²) < 4.78 is 11.7. The van der Waals surface area contributed by atoms with Crippen LogP contribution in [0.25, 0.3) is 17.0 Å². The van der Waals surface area contributed by atoms with Gasteiger partial charge in [-0.25, -0.2) is 4.79 Å². The molecule has 0 radical (unpaired) electrons. The number of para-hydroxylation sites is 1. The van der Waals surface area contributed by atoms with Crippen molar-refractivity contribution in [1.82, 2.24) is 4.90 Å². The van der Waals surface area contributed by atoms with E-state index in [-0.39, 0.29) is 11.7 Å². The van der Waals surface area contributed by atoms with Gasteiger partial charge in [0.25, 0.3) is 5.91 Å². The van der Waals surface area contributed by atoms with Crippen LogP contribution in [0.2, 0.25) is 0 Å². The number of benzene rings is 2. The lowest BCUT2D eigenvalue weighted by Gasteiger charge is -2.16. The van der Waals surface area contributed by atoms with Crippen molar-refractivity contribution in [3.63, 3.8) is 0 Å². The number of furan rings is 1. The Morgan fingerprint density at radius 2 is 1.90 bits per heavy atom. The number of fused-ring (bicyclic) bond motifs is 1. The van der Waals surface area contributed by atoms with E-state index >= 15 is 0 Å². The number of ether oxygens (including phenoxy) is 1. The van der Waals surface area contributed by atoms with Crippen molar-refractivity contribution in [2.24, 2.45) is 5.92 Å². The molecule has 158 valence electrons. The number of rotatable bonds is 5. The molecule has 0 saturated carbocycles. The normalized spacial score (nSPS) is 15.5. The minimum atomic E-state index is -0.545. The molecule has 1 fully saturated rings. The predicted octanol–water partition coefficient (Wildman–Crippen LogP) is 5.82. The Labute approximate surface area is 190 Å². The number of amides is 1. The number of aryl methyl sites for hydroxylation is 1. The van der Waals surface area contributed by atoms with Crippen molar-refractivity contribution < 1.29 is 18.7 Å². The zero-order chi connectivity index (χ0) is 22.1. The lowest BCUT2D eigenvalue weighted by molar-refractivity contribution is -0.122. The first-order valence-electron chi connectivity index (χ1n) is 9.89. The molecule has 0 unspecified atom stereocenters. The molecule has 0 spiro atoms. The van der Waals surface area contributed by atoms with Crippen molar-refractivity contribution in [3.05, 3.63) is 70.3 Å². The maximum atomic E-state index is 12.6. The molecule has 0 N–H and O–H groups in total. The summed E-state index contributed by atoms with van der Waals surface area (Å²) in [6.07, 6.45) is 1.80. The molecule has 31 heavy (non-hydrogen) atoms. The lowest BCUT2D eigenvalue weighted by atomic mass is 10.1. The van der Waals surface area contributed by atoms with E-state index in [0.29, 0.717) is 33.0 Å². The molecule has 1 aliphatic rings. The van der Waals surface area contributed by atoms with Gasteiger partial charge in [0.15, 0.2) is 0 Å². The fourth-order valence-corrected chi connectivity index (χ4v) is 4.60. The summed E-state index contributed by atoms with van der Waals surface area (Å²) in [6, 6.07) is 14.5. The fourth-order valence-electron chi connectivity index (χ4n) is 3.33. The van der Waals surface area contributed by atoms with Crippen molar-refractivity contribution in [3.8, 4) is 5.75 Å². The molecule has 3 aromatic rings. The first-order valence-corrected chi connectivity index (χ1v) is 11.1. The standard InChI is InChI=1S/C24H21NO4S2/c1-14(2)13-25-22(26)20(31-24(25)30)12-16-8-10-17(11-9-16)28-23(27)21-15(3)18-6-4-5-7-19(18)29-21/h4-12,14H,13H2,1-3H3/b20-12+. The van der Waals surface area contributed by atoms with Gasteiger partial charge in [-0.3, -0.25) is 9.69 Å². The maximum Gasteiger partial charge on any atom is 0.379 e. The van der Waals surface area contributed by atoms with Crippen LogP contribution in [0, 0.1) is 12.8 Å². The molecule has 0 bridgehead atoms. The Morgan fingerprint density at radius 3 is 2.58 bits per heavy atom. The molecular weight excluding hydrogens is 430 g/mol. The second-order valence-corrected chi connectivity index (χ2v) is 9.37. The zero-order valence-corrected chi connectivity index (χ0v) is 19.0. The zero-order valence-electron chi connectivity index (χ0n) is 17.4. The van der Waals surface area contributed by atoms with E-state index in [1.54, 1.807) is 35.2 Å². The van der Waals surface area contributed by atoms with E-state index in [1.807, 2.05) is 31.2 Å². The number of thiocarbonyl (C=S) groups is 1. The predicted molar refractivity (Wildman–Crippen MR) is 127 cm³/mol. The fraction of sp³-hybridized carbons (Fsp3) is 0.208. The number of thioether (sulfide) groups is 1. The summed E-state index contributed by atoms with van der Waals surface area (Å²) in [5.41, 5.74) is 2.22. The van der Waals surface area contributed by atoms with Gasteiger partial charge < -0.3 is 9.15 Å². The van der Waals surface area contributed by atoms with Crippen LogP contribution >= 0.6 is 24.0 Å². The third-order valence-electron chi connectivity index (χ3n) is 4.84. The molecule has 0 atom stereocenters. The Hall–Kier alpha value is -2.90. The average molecular weight is 452 g/mol. The smallest absolute Gasteiger partial charge is 0.379 e. The van der Waals surface area contributed by atoms with Crippen LogP contribution in [0.1, 0.15) is 35.5 Å². The molecule has 1 amide bonds. The van der Waals surface area contributed by atoms with Crippen molar-refractivity contribution in [1.29, 1.82) is 0 Å². The number of nitrogens with zero attached hydrogens (tertiary/aromatic N) is 1. The third kappa shape index (κ3) is 4.43. The summed E-state index contributed by atoms with van der Waals surface area (Å²) in [7, 11) is 0. The van der Waals surface area contributed by atoms with Gasteiger partial charge in [-0.15, -0.1) is 0 Å². The van der Waals surface area contributed by atoms with E-state index in [0.717, 1.165) is 16.5 Å². The number of hydrogen-bond donors (Lipinski definition) is 0. The summed E-state index contributed by atoms with van der Waals surface area (Å²) in [4.78, 5) is 27.4. The van der Waals surface area contributed by atoms with Crippen molar-refractivity contribution in [2.75, 3.05) is 6.54 Å². The van der Waals surface area contributed by atoms with Gasteiger partial charge >= 0.3 is 5.97 Å². The maximum absolute atomic E-state index is 12.6.